The Balaban J connectivity index is 1.72. The van der Waals surface area contributed by atoms with Gasteiger partial charge in [0.15, 0.2) is 5.65 Å². The summed E-state index contributed by atoms with van der Waals surface area (Å²) in [6.45, 7) is 1.86. The van der Waals surface area contributed by atoms with E-state index in [0.717, 1.165) is 43.1 Å². The number of hydrogen-bond acceptors (Lipinski definition) is 3. The highest BCUT2D eigenvalue weighted by Gasteiger charge is 2.31. The SMILES string of the molecule is FC(F)(F)c1cccc(-c2c(-c3ccc4c(c3)CCNCC4)ccn3n[c]nc23)c1. The van der Waals surface area contributed by atoms with Gasteiger partial charge in [-0.15, -0.1) is 5.10 Å². The molecule has 151 valence electrons. The van der Waals surface area contributed by atoms with Crippen LogP contribution in [0.25, 0.3) is 27.9 Å². The Labute approximate surface area is 171 Å². The van der Waals surface area contributed by atoms with E-state index in [1.807, 2.05) is 12.1 Å². The zero-order valence-corrected chi connectivity index (χ0v) is 16.0. The lowest BCUT2D eigenvalue weighted by Gasteiger charge is -2.15. The lowest BCUT2D eigenvalue weighted by molar-refractivity contribution is -0.137. The van der Waals surface area contributed by atoms with Crippen LogP contribution in [0.3, 0.4) is 0 Å². The second-order valence-corrected chi connectivity index (χ2v) is 7.40. The van der Waals surface area contributed by atoms with Crippen LogP contribution in [0, 0.1) is 6.33 Å². The molecule has 3 heterocycles. The van der Waals surface area contributed by atoms with Crippen LogP contribution in [0.5, 0.6) is 0 Å². The third kappa shape index (κ3) is 3.35. The van der Waals surface area contributed by atoms with Crippen LogP contribution in [0.2, 0.25) is 0 Å². The van der Waals surface area contributed by atoms with E-state index >= 15 is 0 Å². The zero-order chi connectivity index (χ0) is 20.7. The van der Waals surface area contributed by atoms with Gasteiger partial charge in [-0.05, 0) is 71.9 Å². The number of pyridine rings is 1. The van der Waals surface area contributed by atoms with Crippen LogP contribution in [0.15, 0.2) is 54.7 Å². The topological polar surface area (TPSA) is 42.2 Å². The maximum absolute atomic E-state index is 13.3. The Morgan fingerprint density at radius 2 is 1.77 bits per heavy atom. The molecule has 4 nitrogen and oxygen atoms in total. The number of aromatic nitrogens is 3. The van der Waals surface area contributed by atoms with Gasteiger partial charge in [0, 0.05) is 11.8 Å². The first-order chi connectivity index (χ1) is 14.5. The first kappa shape index (κ1) is 18.8. The molecule has 4 aromatic rings. The number of halogens is 3. The minimum atomic E-state index is -4.42. The van der Waals surface area contributed by atoms with Gasteiger partial charge in [0.1, 0.15) is 0 Å². The molecule has 5 rings (SSSR count). The van der Waals surface area contributed by atoms with Crippen LogP contribution in [-0.2, 0) is 19.0 Å². The van der Waals surface area contributed by atoms with E-state index in [1.165, 1.54) is 27.8 Å². The van der Waals surface area contributed by atoms with Gasteiger partial charge in [0.25, 0.3) is 0 Å². The highest BCUT2D eigenvalue weighted by molar-refractivity contribution is 5.92. The fourth-order valence-corrected chi connectivity index (χ4v) is 4.06. The molecule has 0 saturated heterocycles. The molecule has 0 fully saturated rings. The Morgan fingerprint density at radius 1 is 0.933 bits per heavy atom. The van der Waals surface area contributed by atoms with Crippen LogP contribution in [0.1, 0.15) is 16.7 Å². The number of fused-ring (bicyclic) bond motifs is 2. The van der Waals surface area contributed by atoms with Crippen molar-refractivity contribution in [2.75, 3.05) is 13.1 Å². The minimum Gasteiger partial charge on any atom is -0.316 e. The highest BCUT2D eigenvalue weighted by atomic mass is 19.4. The van der Waals surface area contributed by atoms with E-state index < -0.39 is 11.7 Å². The molecule has 0 unspecified atom stereocenters. The summed E-state index contributed by atoms with van der Waals surface area (Å²) in [6.07, 6.45) is 1.79. The Hall–Kier alpha value is -3.19. The number of nitrogens with one attached hydrogen (secondary N) is 1. The quantitative estimate of drug-likeness (QED) is 0.529. The summed E-state index contributed by atoms with van der Waals surface area (Å²) < 4.78 is 41.6. The second-order valence-electron chi connectivity index (χ2n) is 7.40. The molecular formula is C23H18F3N4. The Bertz CT molecular complexity index is 1230. The number of benzene rings is 2. The van der Waals surface area contributed by atoms with Crippen molar-refractivity contribution in [1.82, 2.24) is 19.9 Å². The largest absolute Gasteiger partial charge is 0.416 e. The highest BCUT2D eigenvalue weighted by Crippen LogP contribution is 2.38. The van der Waals surface area contributed by atoms with Crippen molar-refractivity contribution in [3.63, 3.8) is 0 Å². The van der Waals surface area contributed by atoms with Gasteiger partial charge in [-0.2, -0.15) is 13.2 Å². The lowest BCUT2D eigenvalue weighted by Crippen LogP contribution is -2.16. The van der Waals surface area contributed by atoms with E-state index in [-0.39, 0.29) is 0 Å². The van der Waals surface area contributed by atoms with Gasteiger partial charge >= 0.3 is 6.18 Å². The molecule has 1 N–H and O–H groups in total. The molecule has 0 amide bonds. The molecule has 0 bridgehead atoms. The van der Waals surface area contributed by atoms with Crippen molar-refractivity contribution in [3.8, 4) is 22.3 Å². The van der Waals surface area contributed by atoms with E-state index in [2.05, 4.69) is 33.9 Å². The fourth-order valence-electron chi connectivity index (χ4n) is 4.06. The van der Waals surface area contributed by atoms with Gasteiger partial charge in [0.2, 0.25) is 6.33 Å². The fraction of sp³-hybridized carbons (Fsp3) is 0.217. The second kappa shape index (κ2) is 7.25. The van der Waals surface area contributed by atoms with E-state index in [9.17, 15) is 13.2 Å². The summed E-state index contributed by atoms with van der Waals surface area (Å²) in [5.41, 5.74) is 5.19. The molecule has 0 saturated carbocycles. The lowest BCUT2D eigenvalue weighted by atomic mass is 9.91. The standard InChI is InChI=1S/C23H18F3N4/c24-23(25,26)19-3-1-2-18(13-19)21-20(8-11-30-22(21)28-14-29-30)17-5-4-15-6-9-27-10-7-16(15)12-17/h1-5,8,11-13,27H,6-7,9-10H2. The number of rotatable bonds is 2. The van der Waals surface area contributed by atoms with Crippen LogP contribution in [-0.4, -0.2) is 27.7 Å². The molecule has 30 heavy (non-hydrogen) atoms. The van der Waals surface area contributed by atoms with Gasteiger partial charge in [-0.3, -0.25) is 0 Å². The number of hydrogen-bond donors (Lipinski definition) is 1. The molecule has 7 heteroatoms. The van der Waals surface area contributed by atoms with Crippen LogP contribution >= 0.6 is 0 Å². The van der Waals surface area contributed by atoms with Crippen molar-refractivity contribution in [2.45, 2.75) is 19.0 Å². The zero-order valence-electron chi connectivity index (χ0n) is 16.0. The van der Waals surface area contributed by atoms with Crippen LogP contribution < -0.4 is 5.32 Å². The third-order valence-electron chi connectivity index (χ3n) is 5.54. The minimum absolute atomic E-state index is 0.448. The average Bonchev–Trinajstić information content (AvgIpc) is 3.09. The van der Waals surface area contributed by atoms with Gasteiger partial charge in [-0.25, -0.2) is 9.50 Å². The Kier molecular flexibility index (Phi) is 4.55. The molecule has 1 aliphatic rings. The summed E-state index contributed by atoms with van der Waals surface area (Å²) in [5.74, 6) is 0. The summed E-state index contributed by atoms with van der Waals surface area (Å²) in [7, 11) is 0. The summed E-state index contributed by atoms with van der Waals surface area (Å²) in [4.78, 5) is 4.21. The first-order valence-electron chi connectivity index (χ1n) is 9.77. The maximum atomic E-state index is 13.3. The molecule has 1 aliphatic heterocycles. The monoisotopic (exact) mass is 407 g/mol. The van der Waals surface area contributed by atoms with Crippen molar-refractivity contribution >= 4 is 5.65 Å². The third-order valence-corrected chi connectivity index (χ3v) is 5.54. The van der Waals surface area contributed by atoms with Crippen molar-refractivity contribution in [3.05, 3.63) is 77.7 Å². The number of alkyl halides is 3. The molecular weight excluding hydrogens is 389 g/mol. The summed E-state index contributed by atoms with van der Waals surface area (Å²) >= 11 is 0. The molecule has 0 spiro atoms. The Morgan fingerprint density at radius 3 is 2.60 bits per heavy atom. The van der Waals surface area contributed by atoms with Crippen molar-refractivity contribution in [1.29, 1.82) is 0 Å². The molecule has 2 aromatic carbocycles. The van der Waals surface area contributed by atoms with Gasteiger partial charge in [-0.1, -0.05) is 30.3 Å². The van der Waals surface area contributed by atoms with Crippen LogP contribution in [0.4, 0.5) is 13.2 Å². The van der Waals surface area contributed by atoms with Crippen molar-refractivity contribution in [2.24, 2.45) is 0 Å². The summed E-state index contributed by atoms with van der Waals surface area (Å²) in [5, 5.41) is 7.44. The van der Waals surface area contributed by atoms with E-state index in [0.29, 0.717) is 16.8 Å². The maximum Gasteiger partial charge on any atom is 0.416 e. The predicted octanol–water partition coefficient (Wildman–Crippen LogP) is 4.57. The van der Waals surface area contributed by atoms with Gasteiger partial charge in [0.05, 0.1) is 5.56 Å². The molecule has 1 radical (unpaired) electrons. The molecule has 0 aliphatic carbocycles. The number of nitrogens with zero attached hydrogens (tertiary/aromatic N) is 3. The van der Waals surface area contributed by atoms with Gasteiger partial charge < -0.3 is 5.32 Å². The molecule has 0 atom stereocenters. The van der Waals surface area contributed by atoms with E-state index in [1.54, 1.807) is 12.3 Å². The van der Waals surface area contributed by atoms with E-state index in [4.69, 9.17) is 0 Å². The first-order valence-corrected chi connectivity index (χ1v) is 9.77. The average molecular weight is 407 g/mol. The summed E-state index contributed by atoms with van der Waals surface area (Å²) in [6, 6.07) is 13.5. The molecule has 2 aromatic heterocycles. The normalized spacial score (nSPS) is 14.5. The smallest absolute Gasteiger partial charge is 0.316 e. The predicted molar refractivity (Wildman–Crippen MR) is 108 cm³/mol. The van der Waals surface area contributed by atoms with Crippen molar-refractivity contribution < 1.29 is 13.2 Å².